The quantitative estimate of drug-likeness (QED) is 0.840. The van der Waals surface area contributed by atoms with Crippen LogP contribution in [0.2, 0.25) is 0 Å². The molecule has 0 saturated carbocycles. The van der Waals surface area contributed by atoms with Crippen molar-refractivity contribution in [2.75, 3.05) is 11.9 Å². The predicted octanol–water partition coefficient (Wildman–Crippen LogP) is 3.53. The fraction of sp³-hybridized carbons (Fsp3) is 0.417. The Bertz CT molecular complexity index is 396. The summed E-state index contributed by atoms with van der Waals surface area (Å²) in [5.41, 5.74) is 6.22. The molecule has 1 unspecified atom stereocenters. The predicted molar refractivity (Wildman–Crippen MR) is 77.9 cm³/mol. The lowest BCUT2D eigenvalue weighted by Gasteiger charge is -2.12. The molecule has 17 heavy (non-hydrogen) atoms. The average molecular weight is 364 g/mol. The first-order valence-corrected chi connectivity index (χ1v) is 7.09. The Hall–Kier alpha value is -0.390. The lowest BCUT2D eigenvalue weighted by atomic mass is 10.0. The third-order valence-corrected chi connectivity index (χ3v) is 3.63. The monoisotopic (exact) mass is 362 g/mol. The second-order valence-electron chi connectivity index (χ2n) is 3.95. The molecule has 0 fully saturated rings. The number of rotatable bonds is 5. The van der Waals surface area contributed by atoms with Gasteiger partial charge in [0.25, 0.3) is 0 Å². The van der Waals surface area contributed by atoms with Gasteiger partial charge in [0.15, 0.2) is 0 Å². The van der Waals surface area contributed by atoms with E-state index in [2.05, 4.69) is 37.2 Å². The highest BCUT2D eigenvalue weighted by Crippen LogP contribution is 2.26. The molecule has 3 nitrogen and oxygen atoms in total. The molecule has 0 aliphatic carbocycles. The van der Waals surface area contributed by atoms with Gasteiger partial charge in [0.05, 0.1) is 5.69 Å². The van der Waals surface area contributed by atoms with Gasteiger partial charge in [-0.15, -0.1) is 0 Å². The fourth-order valence-corrected chi connectivity index (χ4v) is 2.55. The van der Waals surface area contributed by atoms with Crippen molar-refractivity contribution in [3.05, 3.63) is 27.1 Å². The standard InChI is InChI=1S/C12H16Br2N2O/c1-8(3-2-6-15)12(17)16-11-5-4-9(13)7-10(11)14/h4-5,7-8H,2-3,6,15H2,1H3,(H,16,17). The molecule has 0 bridgehead atoms. The van der Waals surface area contributed by atoms with Crippen molar-refractivity contribution >= 4 is 43.5 Å². The molecule has 94 valence electrons. The molecule has 1 aromatic rings. The normalized spacial score (nSPS) is 12.2. The summed E-state index contributed by atoms with van der Waals surface area (Å²) in [7, 11) is 0. The van der Waals surface area contributed by atoms with Crippen LogP contribution >= 0.6 is 31.9 Å². The van der Waals surface area contributed by atoms with E-state index in [9.17, 15) is 4.79 Å². The van der Waals surface area contributed by atoms with Gasteiger partial charge in [-0.3, -0.25) is 4.79 Å². The molecule has 3 N–H and O–H groups in total. The van der Waals surface area contributed by atoms with Gasteiger partial charge >= 0.3 is 0 Å². The molecule has 1 atom stereocenters. The number of benzene rings is 1. The van der Waals surface area contributed by atoms with Crippen LogP contribution in [0.25, 0.3) is 0 Å². The molecular formula is C12H16Br2N2O. The van der Waals surface area contributed by atoms with Gasteiger partial charge in [0.1, 0.15) is 0 Å². The van der Waals surface area contributed by atoms with Crippen molar-refractivity contribution < 1.29 is 4.79 Å². The minimum absolute atomic E-state index is 0.0194. The van der Waals surface area contributed by atoms with E-state index < -0.39 is 0 Å². The molecular weight excluding hydrogens is 348 g/mol. The molecule has 0 heterocycles. The molecule has 0 radical (unpaired) electrons. The number of halogens is 2. The van der Waals surface area contributed by atoms with Gasteiger partial charge in [-0.2, -0.15) is 0 Å². The molecule has 0 saturated heterocycles. The first-order valence-electron chi connectivity index (χ1n) is 5.50. The summed E-state index contributed by atoms with van der Waals surface area (Å²) in [6.07, 6.45) is 1.69. The molecule has 0 aromatic heterocycles. The molecule has 0 spiro atoms. The fourth-order valence-electron chi connectivity index (χ4n) is 1.40. The summed E-state index contributed by atoms with van der Waals surface area (Å²) in [6.45, 7) is 2.54. The van der Waals surface area contributed by atoms with Crippen LogP contribution in [0.1, 0.15) is 19.8 Å². The van der Waals surface area contributed by atoms with Crippen LogP contribution < -0.4 is 11.1 Å². The van der Waals surface area contributed by atoms with Gasteiger partial charge in [-0.1, -0.05) is 22.9 Å². The number of hydrogen-bond donors (Lipinski definition) is 2. The van der Waals surface area contributed by atoms with Gasteiger partial charge in [-0.25, -0.2) is 0 Å². The SMILES string of the molecule is CC(CCCN)C(=O)Nc1ccc(Br)cc1Br. The first-order chi connectivity index (χ1) is 8.04. The van der Waals surface area contributed by atoms with Crippen molar-refractivity contribution in [1.29, 1.82) is 0 Å². The van der Waals surface area contributed by atoms with E-state index >= 15 is 0 Å². The van der Waals surface area contributed by atoms with Gasteiger partial charge < -0.3 is 11.1 Å². The van der Waals surface area contributed by atoms with Gasteiger partial charge in [0, 0.05) is 14.9 Å². The Morgan fingerprint density at radius 2 is 2.18 bits per heavy atom. The molecule has 1 rings (SSSR count). The van der Waals surface area contributed by atoms with E-state index in [4.69, 9.17) is 5.73 Å². The van der Waals surface area contributed by atoms with E-state index in [1.54, 1.807) is 0 Å². The smallest absolute Gasteiger partial charge is 0.227 e. The van der Waals surface area contributed by atoms with Crippen LogP contribution in [0.3, 0.4) is 0 Å². The zero-order valence-corrected chi connectivity index (χ0v) is 12.8. The maximum atomic E-state index is 11.9. The highest BCUT2D eigenvalue weighted by atomic mass is 79.9. The summed E-state index contributed by atoms with van der Waals surface area (Å²) in [5.74, 6) is 0.00979. The van der Waals surface area contributed by atoms with E-state index in [1.165, 1.54) is 0 Å². The summed E-state index contributed by atoms with van der Waals surface area (Å²) >= 11 is 6.78. The van der Waals surface area contributed by atoms with Crippen LogP contribution in [0, 0.1) is 5.92 Å². The number of carbonyl (C=O) groups is 1. The minimum atomic E-state index is -0.0194. The van der Waals surface area contributed by atoms with Crippen LogP contribution in [0.4, 0.5) is 5.69 Å². The molecule has 1 amide bonds. The van der Waals surface area contributed by atoms with Crippen molar-refractivity contribution in [2.24, 2.45) is 11.7 Å². The maximum Gasteiger partial charge on any atom is 0.227 e. The van der Waals surface area contributed by atoms with Crippen LogP contribution in [-0.2, 0) is 4.79 Å². The zero-order valence-electron chi connectivity index (χ0n) is 9.67. The van der Waals surface area contributed by atoms with Crippen molar-refractivity contribution in [3.8, 4) is 0 Å². The van der Waals surface area contributed by atoms with E-state index in [0.717, 1.165) is 27.5 Å². The van der Waals surface area contributed by atoms with Gasteiger partial charge in [-0.05, 0) is 53.5 Å². The Balaban J connectivity index is 2.61. The second-order valence-corrected chi connectivity index (χ2v) is 5.72. The van der Waals surface area contributed by atoms with Crippen LogP contribution in [0.15, 0.2) is 27.1 Å². The number of hydrogen-bond acceptors (Lipinski definition) is 2. The summed E-state index contributed by atoms with van der Waals surface area (Å²) in [5, 5.41) is 2.90. The highest BCUT2D eigenvalue weighted by Gasteiger charge is 2.13. The molecule has 0 aliphatic heterocycles. The number of carbonyl (C=O) groups excluding carboxylic acids is 1. The number of nitrogens with two attached hydrogens (primary N) is 1. The zero-order chi connectivity index (χ0) is 12.8. The largest absolute Gasteiger partial charge is 0.330 e. The Morgan fingerprint density at radius 3 is 2.76 bits per heavy atom. The van der Waals surface area contributed by atoms with E-state index in [-0.39, 0.29) is 11.8 Å². The second kappa shape index (κ2) is 7.13. The Kier molecular flexibility index (Phi) is 6.16. The Morgan fingerprint density at radius 1 is 1.47 bits per heavy atom. The average Bonchev–Trinajstić information content (AvgIpc) is 2.29. The van der Waals surface area contributed by atoms with Gasteiger partial charge in [0.2, 0.25) is 5.91 Å². The van der Waals surface area contributed by atoms with Crippen LogP contribution in [0.5, 0.6) is 0 Å². The number of nitrogens with one attached hydrogen (secondary N) is 1. The molecule has 5 heteroatoms. The minimum Gasteiger partial charge on any atom is -0.330 e. The summed E-state index contributed by atoms with van der Waals surface area (Å²) in [4.78, 5) is 11.9. The summed E-state index contributed by atoms with van der Waals surface area (Å²) < 4.78 is 1.84. The summed E-state index contributed by atoms with van der Waals surface area (Å²) in [6, 6.07) is 5.66. The van der Waals surface area contributed by atoms with E-state index in [0.29, 0.717) is 6.54 Å². The third kappa shape index (κ3) is 4.77. The topological polar surface area (TPSA) is 55.1 Å². The third-order valence-electron chi connectivity index (χ3n) is 2.48. The van der Waals surface area contributed by atoms with Crippen LogP contribution in [-0.4, -0.2) is 12.5 Å². The maximum absolute atomic E-state index is 11.9. The Labute approximate surface area is 118 Å². The molecule has 1 aromatic carbocycles. The van der Waals surface area contributed by atoms with Crippen molar-refractivity contribution in [2.45, 2.75) is 19.8 Å². The first kappa shape index (κ1) is 14.7. The lowest BCUT2D eigenvalue weighted by Crippen LogP contribution is -2.21. The lowest BCUT2D eigenvalue weighted by molar-refractivity contribution is -0.119. The highest BCUT2D eigenvalue weighted by molar-refractivity contribution is 9.11. The number of amides is 1. The van der Waals surface area contributed by atoms with Crippen molar-refractivity contribution in [3.63, 3.8) is 0 Å². The molecule has 0 aliphatic rings. The number of anilines is 1. The van der Waals surface area contributed by atoms with Crippen molar-refractivity contribution in [1.82, 2.24) is 0 Å². The van der Waals surface area contributed by atoms with E-state index in [1.807, 2.05) is 25.1 Å².